The van der Waals surface area contributed by atoms with E-state index in [1.165, 1.54) is 0 Å². The first-order chi connectivity index (χ1) is 17.0. The molecule has 0 aromatic heterocycles. The van der Waals surface area contributed by atoms with Gasteiger partial charge in [0.25, 0.3) is 5.91 Å². The number of carbonyl (C=O) groups is 2. The van der Waals surface area contributed by atoms with Gasteiger partial charge in [-0.1, -0.05) is 87.7 Å². The van der Waals surface area contributed by atoms with Crippen LogP contribution in [-0.2, 0) is 22.6 Å². The molecule has 5 nitrogen and oxygen atoms in total. The molecule has 0 fully saturated rings. The maximum Gasteiger partial charge on any atom is 0.261 e. The molecule has 3 rings (SSSR count). The van der Waals surface area contributed by atoms with Crippen LogP contribution < -0.4 is 10.1 Å². The van der Waals surface area contributed by atoms with Crippen molar-refractivity contribution in [3.8, 4) is 5.75 Å². The molecular weight excluding hydrogens is 540 g/mol. The average molecular weight is 572 g/mol. The van der Waals surface area contributed by atoms with Crippen LogP contribution in [0.1, 0.15) is 37.5 Å². The van der Waals surface area contributed by atoms with E-state index in [2.05, 4.69) is 21.2 Å². The number of amides is 2. The molecule has 0 aliphatic carbocycles. The van der Waals surface area contributed by atoms with E-state index in [-0.39, 0.29) is 25.0 Å². The maximum atomic E-state index is 13.6. The van der Waals surface area contributed by atoms with Crippen molar-refractivity contribution in [3.63, 3.8) is 0 Å². The van der Waals surface area contributed by atoms with Crippen molar-refractivity contribution in [2.24, 2.45) is 0 Å². The zero-order chi connectivity index (χ0) is 26.3. The summed E-state index contributed by atoms with van der Waals surface area (Å²) >= 11 is 9.66. The number of hydrogen-bond acceptors (Lipinski definition) is 3. The molecule has 0 radical (unpaired) electrons. The fraction of sp³-hybridized carbons (Fsp3) is 0.310. The first kappa shape index (κ1) is 27.8. The molecule has 1 N–H and O–H groups in total. The Balaban J connectivity index is 1.93. The Kier molecular flexibility index (Phi) is 9.57. The number of carbonyl (C=O) groups excluding carboxylic acids is 2. The summed E-state index contributed by atoms with van der Waals surface area (Å²) in [4.78, 5) is 28.8. The van der Waals surface area contributed by atoms with Crippen LogP contribution in [0.15, 0.2) is 77.3 Å². The van der Waals surface area contributed by atoms with E-state index in [9.17, 15) is 9.59 Å². The van der Waals surface area contributed by atoms with E-state index >= 15 is 0 Å². The molecule has 190 valence electrons. The number of benzene rings is 3. The van der Waals surface area contributed by atoms with Gasteiger partial charge in [-0.25, -0.2) is 0 Å². The van der Waals surface area contributed by atoms with E-state index in [1.54, 1.807) is 23.1 Å². The maximum absolute atomic E-state index is 13.6. The van der Waals surface area contributed by atoms with Crippen molar-refractivity contribution in [2.75, 3.05) is 6.61 Å². The van der Waals surface area contributed by atoms with Gasteiger partial charge in [-0.05, 0) is 57.0 Å². The Bertz CT molecular complexity index is 1180. The lowest BCUT2D eigenvalue weighted by molar-refractivity contribution is -0.143. The van der Waals surface area contributed by atoms with Crippen molar-refractivity contribution >= 4 is 39.3 Å². The van der Waals surface area contributed by atoms with Gasteiger partial charge < -0.3 is 15.0 Å². The second-order valence-corrected chi connectivity index (χ2v) is 11.1. The predicted octanol–water partition coefficient (Wildman–Crippen LogP) is 6.34. The lowest BCUT2D eigenvalue weighted by atomic mass is 10.0. The van der Waals surface area contributed by atoms with Gasteiger partial charge in [0.1, 0.15) is 11.8 Å². The molecule has 0 bridgehead atoms. The third-order valence-electron chi connectivity index (χ3n) is 5.49. The minimum atomic E-state index is -0.732. The van der Waals surface area contributed by atoms with Gasteiger partial charge in [0, 0.05) is 23.0 Å². The van der Waals surface area contributed by atoms with Crippen LogP contribution >= 0.6 is 27.5 Å². The lowest BCUT2D eigenvalue weighted by Crippen LogP contribution is -2.55. The third kappa shape index (κ3) is 8.38. The summed E-state index contributed by atoms with van der Waals surface area (Å²) in [6.45, 7) is 7.81. The molecule has 0 spiro atoms. The van der Waals surface area contributed by atoms with Crippen LogP contribution in [0.25, 0.3) is 0 Å². The van der Waals surface area contributed by atoms with Gasteiger partial charge in [-0.15, -0.1) is 0 Å². The molecule has 0 heterocycles. The molecule has 2 amide bonds. The van der Waals surface area contributed by atoms with E-state index in [4.69, 9.17) is 16.3 Å². The Morgan fingerprint density at radius 3 is 2.28 bits per heavy atom. The minimum Gasteiger partial charge on any atom is -0.482 e. The highest BCUT2D eigenvalue weighted by atomic mass is 79.9. The molecule has 0 saturated heterocycles. The second-order valence-electron chi connectivity index (χ2n) is 9.82. The molecule has 36 heavy (non-hydrogen) atoms. The molecule has 0 saturated carbocycles. The average Bonchev–Trinajstić information content (AvgIpc) is 2.81. The van der Waals surface area contributed by atoms with Gasteiger partial charge in [0.15, 0.2) is 6.61 Å². The Hall–Kier alpha value is -2.83. The smallest absolute Gasteiger partial charge is 0.261 e. The number of ether oxygens (including phenoxy) is 1. The summed E-state index contributed by atoms with van der Waals surface area (Å²) in [5, 5.41) is 3.46. The van der Waals surface area contributed by atoms with Crippen molar-refractivity contribution in [2.45, 2.75) is 52.2 Å². The van der Waals surface area contributed by atoms with E-state index in [0.29, 0.717) is 17.2 Å². The molecule has 3 aromatic rings. The van der Waals surface area contributed by atoms with Crippen LogP contribution in [0.4, 0.5) is 0 Å². The van der Waals surface area contributed by atoms with Crippen molar-refractivity contribution < 1.29 is 14.3 Å². The topological polar surface area (TPSA) is 58.6 Å². The highest BCUT2D eigenvalue weighted by molar-refractivity contribution is 9.10. The largest absolute Gasteiger partial charge is 0.482 e. The summed E-state index contributed by atoms with van der Waals surface area (Å²) in [6, 6.07) is 22.1. The second kappa shape index (κ2) is 12.4. The Morgan fingerprint density at radius 2 is 1.67 bits per heavy atom. The van der Waals surface area contributed by atoms with Crippen molar-refractivity contribution in [1.29, 1.82) is 0 Å². The molecule has 0 aliphatic heterocycles. The molecule has 7 heteroatoms. The molecular formula is C29H32BrClN2O3. The summed E-state index contributed by atoms with van der Waals surface area (Å²) in [5.74, 6) is -0.115. The summed E-state index contributed by atoms with van der Waals surface area (Å²) in [5.41, 5.74) is 2.56. The third-order valence-corrected chi connectivity index (χ3v) is 6.28. The quantitative estimate of drug-likeness (QED) is 0.326. The zero-order valence-corrected chi connectivity index (χ0v) is 23.4. The van der Waals surface area contributed by atoms with Gasteiger partial charge in [-0.3, -0.25) is 9.59 Å². The first-order valence-corrected chi connectivity index (χ1v) is 13.0. The molecule has 0 aliphatic rings. The Morgan fingerprint density at radius 1 is 1.00 bits per heavy atom. The minimum absolute atomic E-state index is 0.214. The van der Waals surface area contributed by atoms with Crippen LogP contribution in [0.2, 0.25) is 5.02 Å². The van der Waals surface area contributed by atoms with E-state index in [1.807, 2.05) is 82.3 Å². The van der Waals surface area contributed by atoms with Gasteiger partial charge >= 0.3 is 0 Å². The normalized spacial score (nSPS) is 12.1. The fourth-order valence-electron chi connectivity index (χ4n) is 3.71. The summed E-state index contributed by atoms with van der Waals surface area (Å²) in [6.07, 6.45) is 0.374. The standard InChI is InChI=1S/C29H32BrClN2O3/c1-20-10-12-22(13-11-20)18-33(27(34)19-36-26-15-14-23(30)17-24(26)31)25(28(35)32-29(2,3)4)16-21-8-6-5-7-9-21/h5-15,17,25H,16,18-19H2,1-4H3,(H,32,35). The molecule has 1 unspecified atom stereocenters. The Labute approximate surface area is 226 Å². The molecule has 3 aromatic carbocycles. The van der Waals surface area contributed by atoms with Crippen molar-refractivity contribution in [3.05, 3.63) is 99.0 Å². The number of hydrogen-bond donors (Lipinski definition) is 1. The highest BCUT2D eigenvalue weighted by Crippen LogP contribution is 2.28. The van der Waals surface area contributed by atoms with E-state index < -0.39 is 11.6 Å². The van der Waals surface area contributed by atoms with Crippen molar-refractivity contribution in [1.82, 2.24) is 10.2 Å². The number of halogens is 2. The van der Waals surface area contributed by atoms with Gasteiger partial charge in [0.2, 0.25) is 5.91 Å². The zero-order valence-electron chi connectivity index (χ0n) is 21.1. The number of nitrogens with zero attached hydrogens (tertiary/aromatic N) is 1. The van der Waals surface area contributed by atoms with Crippen LogP contribution in [0.3, 0.4) is 0 Å². The van der Waals surface area contributed by atoms with Crippen LogP contribution in [0.5, 0.6) is 5.75 Å². The predicted molar refractivity (Wildman–Crippen MR) is 148 cm³/mol. The number of rotatable bonds is 9. The monoisotopic (exact) mass is 570 g/mol. The first-order valence-electron chi connectivity index (χ1n) is 11.8. The van der Waals surface area contributed by atoms with Crippen LogP contribution in [0, 0.1) is 6.92 Å². The van der Waals surface area contributed by atoms with Crippen LogP contribution in [-0.4, -0.2) is 34.9 Å². The number of aryl methyl sites for hydroxylation is 1. The highest BCUT2D eigenvalue weighted by Gasteiger charge is 2.32. The fourth-order valence-corrected chi connectivity index (χ4v) is 4.44. The van der Waals surface area contributed by atoms with E-state index in [0.717, 1.165) is 21.2 Å². The summed E-state index contributed by atoms with van der Waals surface area (Å²) < 4.78 is 6.61. The molecule has 1 atom stereocenters. The lowest BCUT2D eigenvalue weighted by Gasteiger charge is -2.33. The van der Waals surface area contributed by atoms with Gasteiger partial charge in [-0.2, -0.15) is 0 Å². The van der Waals surface area contributed by atoms with Gasteiger partial charge in [0.05, 0.1) is 5.02 Å². The number of nitrogens with one attached hydrogen (secondary N) is 1. The SMILES string of the molecule is Cc1ccc(CN(C(=O)COc2ccc(Br)cc2Cl)C(Cc2ccccc2)C(=O)NC(C)(C)C)cc1. The summed E-state index contributed by atoms with van der Waals surface area (Å²) in [7, 11) is 0.